The molecule has 0 spiro atoms. The van der Waals surface area contributed by atoms with Gasteiger partial charge in [0.1, 0.15) is 6.26 Å². The van der Waals surface area contributed by atoms with Crippen LogP contribution in [0.15, 0.2) is 29.0 Å². The van der Waals surface area contributed by atoms with Gasteiger partial charge >= 0.3 is 0 Å². The number of oxazole rings is 1. The van der Waals surface area contributed by atoms with Crippen LogP contribution < -0.4 is 0 Å². The molecule has 0 bridgehead atoms. The van der Waals surface area contributed by atoms with Gasteiger partial charge in [-0.05, 0) is 12.8 Å². The Labute approximate surface area is 66.9 Å². The molecule has 0 atom stereocenters. The van der Waals surface area contributed by atoms with Gasteiger partial charge in [0, 0.05) is 6.42 Å². The second-order valence-corrected chi connectivity index (χ2v) is 2.34. The lowest BCUT2D eigenvalue weighted by atomic mass is 10.3. The van der Waals surface area contributed by atoms with Crippen molar-refractivity contribution in [3.05, 3.63) is 30.5 Å². The van der Waals surface area contributed by atoms with Crippen LogP contribution >= 0.6 is 0 Å². The summed E-state index contributed by atoms with van der Waals surface area (Å²) < 4.78 is 5.07. The van der Waals surface area contributed by atoms with Gasteiger partial charge in [-0.2, -0.15) is 0 Å². The molecule has 0 amide bonds. The van der Waals surface area contributed by atoms with E-state index < -0.39 is 0 Å². The van der Waals surface area contributed by atoms with Crippen molar-refractivity contribution in [1.82, 2.24) is 4.98 Å². The fourth-order valence-corrected chi connectivity index (χ4v) is 0.868. The van der Waals surface area contributed by atoms with Crippen molar-refractivity contribution in [3.63, 3.8) is 0 Å². The maximum absolute atomic E-state index is 5.07. The van der Waals surface area contributed by atoms with Crippen molar-refractivity contribution < 1.29 is 4.42 Å². The third-order valence-corrected chi connectivity index (χ3v) is 1.41. The summed E-state index contributed by atoms with van der Waals surface area (Å²) in [7, 11) is 0. The van der Waals surface area contributed by atoms with Crippen LogP contribution in [0.3, 0.4) is 0 Å². The zero-order chi connectivity index (χ0) is 7.94. The minimum absolute atomic E-state index is 0.825. The van der Waals surface area contributed by atoms with E-state index in [9.17, 15) is 0 Å². The van der Waals surface area contributed by atoms with Crippen LogP contribution in [0.1, 0.15) is 25.7 Å². The average Bonchev–Trinajstić information content (AvgIpc) is 2.50. The van der Waals surface area contributed by atoms with E-state index >= 15 is 0 Å². The van der Waals surface area contributed by atoms with Gasteiger partial charge in [-0.3, -0.25) is 0 Å². The maximum Gasteiger partial charge on any atom is 0.194 e. The van der Waals surface area contributed by atoms with Crippen molar-refractivity contribution >= 4 is 0 Å². The largest absolute Gasteiger partial charge is 0.449 e. The second-order valence-electron chi connectivity index (χ2n) is 2.34. The molecule has 1 aromatic heterocycles. The van der Waals surface area contributed by atoms with Crippen LogP contribution in [-0.4, -0.2) is 4.98 Å². The summed E-state index contributed by atoms with van der Waals surface area (Å²) in [5.74, 6) is 0.825. The summed E-state index contributed by atoms with van der Waals surface area (Å²) in [6.07, 6.45) is 10.6. The van der Waals surface area contributed by atoms with Gasteiger partial charge in [0.25, 0.3) is 0 Å². The number of aryl methyl sites for hydroxylation is 1. The zero-order valence-electron chi connectivity index (χ0n) is 6.79. The van der Waals surface area contributed by atoms with Crippen molar-refractivity contribution in [2.75, 3.05) is 0 Å². The Morgan fingerprint density at radius 1 is 1.55 bits per heavy atom. The van der Waals surface area contributed by atoms with Gasteiger partial charge in [-0.1, -0.05) is 19.1 Å². The molecule has 2 heteroatoms. The first-order valence-corrected chi connectivity index (χ1v) is 3.97. The first-order chi connectivity index (χ1) is 5.43. The molecule has 0 N–H and O–H groups in total. The Morgan fingerprint density at radius 3 is 3.09 bits per heavy atom. The highest BCUT2D eigenvalue weighted by Gasteiger charge is 1.92. The maximum atomic E-state index is 5.07. The van der Waals surface area contributed by atoms with E-state index in [1.165, 1.54) is 0 Å². The SMILES string of the molecule is CCC=CCCc1ncco1. The standard InChI is InChI=1S/C9H13NO/c1-2-3-4-5-6-9-10-7-8-11-9/h3-4,7-8H,2,5-6H2,1H3. The number of hydrogen-bond donors (Lipinski definition) is 0. The summed E-state index contributed by atoms with van der Waals surface area (Å²) in [5, 5.41) is 0. The highest BCUT2D eigenvalue weighted by molar-refractivity contribution is 4.86. The Morgan fingerprint density at radius 2 is 2.45 bits per heavy atom. The molecule has 0 fully saturated rings. The molecule has 1 aromatic rings. The van der Waals surface area contributed by atoms with Gasteiger partial charge in [-0.25, -0.2) is 4.98 Å². The minimum Gasteiger partial charge on any atom is -0.449 e. The lowest BCUT2D eigenvalue weighted by Gasteiger charge is -1.87. The van der Waals surface area contributed by atoms with Gasteiger partial charge < -0.3 is 4.42 Å². The summed E-state index contributed by atoms with van der Waals surface area (Å²) in [4.78, 5) is 4.01. The first kappa shape index (κ1) is 8.05. The Balaban J connectivity index is 2.19. The molecule has 0 unspecified atom stereocenters. The van der Waals surface area contributed by atoms with E-state index in [0.29, 0.717) is 0 Å². The number of allylic oxidation sites excluding steroid dienone is 2. The minimum atomic E-state index is 0.825. The van der Waals surface area contributed by atoms with Crippen molar-refractivity contribution in [1.29, 1.82) is 0 Å². The van der Waals surface area contributed by atoms with E-state index in [2.05, 4.69) is 24.1 Å². The molecule has 0 radical (unpaired) electrons. The van der Waals surface area contributed by atoms with Crippen LogP contribution in [0.2, 0.25) is 0 Å². The fraction of sp³-hybridized carbons (Fsp3) is 0.444. The molecule has 0 aromatic carbocycles. The molecular formula is C9H13NO. The number of hydrogen-bond acceptors (Lipinski definition) is 2. The molecular weight excluding hydrogens is 138 g/mol. The molecule has 0 saturated heterocycles. The van der Waals surface area contributed by atoms with Crippen LogP contribution in [-0.2, 0) is 6.42 Å². The van der Waals surface area contributed by atoms with Crippen LogP contribution in [0.4, 0.5) is 0 Å². The third kappa shape index (κ3) is 3.03. The highest BCUT2D eigenvalue weighted by Crippen LogP contribution is 1.99. The zero-order valence-corrected chi connectivity index (χ0v) is 6.79. The van der Waals surface area contributed by atoms with Gasteiger partial charge in [0.2, 0.25) is 0 Å². The van der Waals surface area contributed by atoms with Gasteiger partial charge in [0.15, 0.2) is 5.89 Å². The smallest absolute Gasteiger partial charge is 0.194 e. The predicted octanol–water partition coefficient (Wildman–Crippen LogP) is 2.57. The number of nitrogens with zero attached hydrogens (tertiary/aromatic N) is 1. The van der Waals surface area contributed by atoms with E-state index in [1.807, 2.05) is 0 Å². The van der Waals surface area contributed by atoms with E-state index in [0.717, 1.165) is 25.2 Å². The third-order valence-electron chi connectivity index (χ3n) is 1.41. The van der Waals surface area contributed by atoms with Crippen molar-refractivity contribution in [2.24, 2.45) is 0 Å². The Hall–Kier alpha value is -1.05. The fourth-order valence-electron chi connectivity index (χ4n) is 0.868. The second kappa shape index (κ2) is 4.72. The quantitative estimate of drug-likeness (QED) is 0.618. The monoisotopic (exact) mass is 151 g/mol. The van der Waals surface area contributed by atoms with Gasteiger partial charge in [-0.15, -0.1) is 0 Å². The Bertz CT molecular complexity index is 201. The van der Waals surface area contributed by atoms with Crippen LogP contribution in [0.5, 0.6) is 0 Å². The van der Waals surface area contributed by atoms with E-state index in [-0.39, 0.29) is 0 Å². The number of rotatable bonds is 4. The summed E-state index contributed by atoms with van der Waals surface area (Å²) in [6, 6.07) is 0. The molecule has 0 aliphatic rings. The van der Waals surface area contributed by atoms with Crippen LogP contribution in [0.25, 0.3) is 0 Å². The van der Waals surface area contributed by atoms with E-state index in [1.54, 1.807) is 12.5 Å². The predicted molar refractivity (Wildman–Crippen MR) is 44.3 cm³/mol. The Kier molecular flexibility index (Phi) is 3.45. The topological polar surface area (TPSA) is 26.0 Å². The van der Waals surface area contributed by atoms with Crippen molar-refractivity contribution in [2.45, 2.75) is 26.2 Å². The van der Waals surface area contributed by atoms with E-state index in [4.69, 9.17) is 4.42 Å². The average molecular weight is 151 g/mol. The van der Waals surface area contributed by atoms with Crippen molar-refractivity contribution in [3.8, 4) is 0 Å². The summed E-state index contributed by atoms with van der Waals surface area (Å²) in [6.45, 7) is 2.13. The molecule has 1 heterocycles. The summed E-state index contributed by atoms with van der Waals surface area (Å²) in [5.41, 5.74) is 0. The van der Waals surface area contributed by atoms with Gasteiger partial charge in [0.05, 0.1) is 6.20 Å². The number of aromatic nitrogens is 1. The van der Waals surface area contributed by atoms with Crippen LogP contribution in [0, 0.1) is 0 Å². The molecule has 1 rings (SSSR count). The molecule has 60 valence electrons. The molecule has 0 aliphatic carbocycles. The normalized spacial score (nSPS) is 11.0. The molecule has 0 saturated carbocycles. The lowest BCUT2D eigenvalue weighted by molar-refractivity contribution is 0.495. The molecule has 11 heavy (non-hydrogen) atoms. The molecule has 0 aliphatic heterocycles. The first-order valence-electron chi connectivity index (χ1n) is 3.97. The summed E-state index contributed by atoms with van der Waals surface area (Å²) >= 11 is 0. The highest BCUT2D eigenvalue weighted by atomic mass is 16.3. The molecule has 2 nitrogen and oxygen atoms in total. The lowest BCUT2D eigenvalue weighted by Crippen LogP contribution is -1.80.